The van der Waals surface area contributed by atoms with Gasteiger partial charge in [-0.05, 0) is 25.2 Å². The second-order valence-corrected chi connectivity index (χ2v) is 3.76. The molecule has 1 aliphatic carbocycles. The number of hydrogen-bond donors (Lipinski definition) is 2. The minimum Gasteiger partial charge on any atom is -0.480 e. The summed E-state index contributed by atoms with van der Waals surface area (Å²) in [6.07, 6.45) is 2.61. The smallest absolute Gasteiger partial charge is 0.326 e. The molecule has 0 aromatic carbocycles. The van der Waals surface area contributed by atoms with Gasteiger partial charge in [0.25, 0.3) is 0 Å². The lowest BCUT2D eigenvalue weighted by molar-refractivity contribution is -0.143. The zero-order chi connectivity index (χ0) is 9.59. The highest BCUT2D eigenvalue weighted by Gasteiger charge is 2.50. The number of carboxylic acid groups (broad SMARTS) is 1. The zero-order valence-electron chi connectivity index (χ0n) is 7.14. The minimum absolute atomic E-state index is 0.0728. The number of carbonyl (C=O) groups is 2. The summed E-state index contributed by atoms with van der Waals surface area (Å²) >= 11 is 0. The fourth-order valence-corrected chi connectivity index (χ4v) is 2.62. The van der Waals surface area contributed by atoms with E-state index >= 15 is 0 Å². The van der Waals surface area contributed by atoms with Crippen molar-refractivity contribution in [3.63, 3.8) is 0 Å². The molecule has 0 radical (unpaired) electrons. The fourth-order valence-electron chi connectivity index (χ4n) is 2.62. The van der Waals surface area contributed by atoms with Gasteiger partial charge >= 0.3 is 12.0 Å². The molecule has 1 saturated heterocycles. The number of hydrogen-bond acceptors (Lipinski definition) is 2. The van der Waals surface area contributed by atoms with Gasteiger partial charge in [0.1, 0.15) is 6.04 Å². The summed E-state index contributed by atoms with van der Waals surface area (Å²) < 4.78 is 0. The standard InChI is InChI=1S/C8H12N2O3/c9-8(13)10-5-2-1-4(3-5)6(10)7(11)12/h4-6H,1-3H2,(H2,9,13)(H,11,12). The molecule has 0 aromatic rings. The van der Waals surface area contributed by atoms with Crippen LogP contribution in [0.15, 0.2) is 0 Å². The highest BCUT2D eigenvalue weighted by molar-refractivity contribution is 5.83. The van der Waals surface area contributed by atoms with E-state index in [4.69, 9.17) is 10.8 Å². The number of fused-ring (bicyclic) bond motifs is 2. The number of piperidine rings is 1. The minimum atomic E-state index is -0.925. The van der Waals surface area contributed by atoms with Crippen LogP contribution in [0.2, 0.25) is 0 Å². The van der Waals surface area contributed by atoms with Crippen LogP contribution in [-0.2, 0) is 4.79 Å². The molecule has 72 valence electrons. The number of primary amides is 1. The molecule has 1 heterocycles. The van der Waals surface area contributed by atoms with E-state index in [2.05, 4.69) is 0 Å². The van der Waals surface area contributed by atoms with E-state index in [1.165, 1.54) is 4.90 Å². The molecule has 3 atom stereocenters. The number of carbonyl (C=O) groups excluding carboxylic acids is 1. The predicted octanol–water partition coefficient (Wildman–Crippen LogP) is 0.00260. The lowest BCUT2D eigenvalue weighted by Gasteiger charge is -2.30. The number of amides is 2. The van der Waals surface area contributed by atoms with Crippen LogP contribution in [0.25, 0.3) is 0 Å². The van der Waals surface area contributed by atoms with Crippen molar-refractivity contribution in [3.05, 3.63) is 0 Å². The summed E-state index contributed by atoms with van der Waals surface area (Å²) in [5.74, 6) is -0.805. The molecule has 2 fully saturated rings. The third kappa shape index (κ3) is 1.07. The molecule has 2 amide bonds. The first-order valence-electron chi connectivity index (χ1n) is 4.42. The Balaban J connectivity index is 2.24. The van der Waals surface area contributed by atoms with Gasteiger partial charge < -0.3 is 15.7 Å². The SMILES string of the molecule is NC(=O)N1C2CCC(C2)C1C(=O)O. The molecule has 5 nitrogen and oxygen atoms in total. The summed E-state index contributed by atoms with van der Waals surface area (Å²) in [4.78, 5) is 23.2. The molecule has 13 heavy (non-hydrogen) atoms. The molecular weight excluding hydrogens is 172 g/mol. The first kappa shape index (κ1) is 8.34. The van der Waals surface area contributed by atoms with Crippen molar-refractivity contribution in [3.8, 4) is 0 Å². The Morgan fingerprint density at radius 2 is 2.08 bits per heavy atom. The Hall–Kier alpha value is -1.26. The Morgan fingerprint density at radius 3 is 2.54 bits per heavy atom. The van der Waals surface area contributed by atoms with E-state index in [0.717, 1.165) is 19.3 Å². The van der Waals surface area contributed by atoms with Crippen LogP contribution in [0, 0.1) is 5.92 Å². The van der Waals surface area contributed by atoms with Gasteiger partial charge in [0, 0.05) is 6.04 Å². The summed E-state index contributed by atoms with van der Waals surface area (Å²) in [7, 11) is 0. The predicted molar refractivity (Wildman–Crippen MR) is 44.0 cm³/mol. The summed E-state index contributed by atoms with van der Waals surface area (Å²) in [6.45, 7) is 0. The van der Waals surface area contributed by atoms with Crippen LogP contribution in [0.5, 0.6) is 0 Å². The van der Waals surface area contributed by atoms with Gasteiger partial charge in [0.15, 0.2) is 0 Å². The number of urea groups is 1. The van der Waals surface area contributed by atoms with Crippen molar-refractivity contribution in [2.24, 2.45) is 11.7 Å². The number of nitrogens with zero attached hydrogens (tertiary/aromatic N) is 1. The summed E-state index contributed by atoms with van der Waals surface area (Å²) in [6, 6.07) is -1.19. The Kier molecular flexibility index (Phi) is 1.68. The number of nitrogens with two attached hydrogens (primary N) is 1. The average Bonchev–Trinajstić information content (AvgIpc) is 2.60. The zero-order valence-corrected chi connectivity index (χ0v) is 7.14. The molecule has 0 aromatic heterocycles. The summed E-state index contributed by atoms with van der Waals surface area (Å²) in [5, 5.41) is 8.91. The molecule has 2 bridgehead atoms. The molecule has 3 N–H and O–H groups in total. The van der Waals surface area contributed by atoms with Crippen molar-refractivity contribution < 1.29 is 14.7 Å². The van der Waals surface area contributed by atoms with E-state index in [9.17, 15) is 9.59 Å². The maximum Gasteiger partial charge on any atom is 0.326 e. The van der Waals surface area contributed by atoms with Crippen molar-refractivity contribution in [2.75, 3.05) is 0 Å². The highest BCUT2D eigenvalue weighted by Crippen LogP contribution is 2.42. The van der Waals surface area contributed by atoms with Gasteiger partial charge in [0.2, 0.25) is 0 Å². The van der Waals surface area contributed by atoms with Crippen molar-refractivity contribution in [2.45, 2.75) is 31.3 Å². The number of carboxylic acids is 1. The summed E-state index contributed by atoms with van der Waals surface area (Å²) in [5.41, 5.74) is 5.14. The van der Waals surface area contributed by atoms with Crippen LogP contribution in [-0.4, -0.2) is 34.1 Å². The second-order valence-electron chi connectivity index (χ2n) is 3.76. The Morgan fingerprint density at radius 1 is 1.38 bits per heavy atom. The third-order valence-electron chi connectivity index (χ3n) is 3.09. The van der Waals surface area contributed by atoms with Crippen LogP contribution >= 0.6 is 0 Å². The normalized spacial score (nSPS) is 36.6. The van der Waals surface area contributed by atoms with Crippen LogP contribution < -0.4 is 5.73 Å². The van der Waals surface area contributed by atoms with Gasteiger partial charge in [-0.15, -0.1) is 0 Å². The Labute approximate surface area is 75.5 Å². The quantitative estimate of drug-likeness (QED) is 0.601. The maximum absolute atomic E-state index is 11.0. The number of rotatable bonds is 1. The van der Waals surface area contributed by atoms with E-state index in [0.29, 0.717) is 0 Å². The van der Waals surface area contributed by atoms with Gasteiger partial charge in [-0.2, -0.15) is 0 Å². The molecule has 2 rings (SSSR count). The molecule has 1 aliphatic heterocycles. The van der Waals surface area contributed by atoms with E-state index in [1.54, 1.807) is 0 Å². The van der Waals surface area contributed by atoms with Crippen LogP contribution in [0.3, 0.4) is 0 Å². The molecular formula is C8H12N2O3. The van der Waals surface area contributed by atoms with Gasteiger partial charge in [-0.25, -0.2) is 9.59 Å². The fraction of sp³-hybridized carbons (Fsp3) is 0.750. The van der Waals surface area contributed by atoms with E-state index in [1.807, 2.05) is 0 Å². The number of aliphatic carboxylic acids is 1. The van der Waals surface area contributed by atoms with Crippen LogP contribution in [0.4, 0.5) is 4.79 Å². The second kappa shape index (κ2) is 2.61. The molecule has 5 heteroatoms. The molecule has 1 saturated carbocycles. The topological polar surface area (TPSA) is 83.6 Å². The average molecular weight is 184 g/mol. The first-order chi connectivity index (χ1) is 6.11. The van der Waals surface area contributed by atoms with Gasteiger partial charge in [0.05, 0.1) is 0 Å². The first-order valence-corrected chi connectivity index (χ1v) is 4.42. The van der Waals surface area contributed by atoms with Gasteiger partial charge in [-0.3, -0.25) is 0 Å². The molecule has 2 aliphatic rings. The van der Waals surface area contributed by atoms with Crippen molar-refractivity contribution in [1.29, 1.82) is 0 Å². The molecule has 0 spiro atoms. The van der Waals surface area contributed by atoms with Crippen LogP contribution in [0.1, 0.15) is 19.3 Å². The molecule has 3 unspecified atom stereocenters. The monoisotopic (exact) mass is 184 g/mol. The van der Waals surface area contributed by atoms with E-state index < -0.39 is 18.0 Å². The lowest BCUT2D eigenvalue weighted by Crippen LogP contribution is -2.51. The maximum atomic E-state index is 11.0. The van der Waals surface area contributed by atoms with Gasteiger partial charge in [-0.1, -0.05) is 0 Å². The van der Waals surface area contributed by atoms with E-state index in [-0.39, 0.29) is 12.0 Å². The number of likely N-dealkylation sites (tertiary alicyclic amines) is 1. The Bertz CT molecular complexity index is 240. The highest BCUT2D eigenvalue weighted by atomic mass is 16.4. The lowest BCUT2D eigenvalue weighted by atomic mass is 9.99. The third-order valence-corrected chi connectivity index (χ3v) is 3.09. The largest absolute Gasteiger partial charge is 0.480 e. The van der Waals surface area contributed by atoms with Crippen molar-refractivity contribution >= 4 is 12.0 Å². The van der Waals surface area contributed by atoms with Crippen molar-refractivity contribution in [1.82, 2.24) is 4.90 Å².